The number of piperidine rings is 1. The number of rotatable bonds is 5. The van der Waals surface area contributed by atoms with E-state index in [1.807, 2.05) is 60.0 Å². The van der Waals surface area contributed by atoms with E-state index in [0.29, 0.717) is 11.4 Å². The number of benzene rings is 1. The molecule has 1 aliphatic heterocycles. The third kappa shape index (κ3) is 3.56. The van der Waals surface area contributed by atoms with Gasteiger partial charge in [0, 0.05) is 53.2 Å². The van der Waals surface area contributed by atoms with Gasteiger partial charge in [0.15, 0.2) is 0 Å². The van der Waals surface area contributed by atoms with Crippen molar-refractivity contribution >= 4 is 22.2 Å². The van der Waals surface area contributed by atoms with Gasteiger partial charge in [0.2, 0.25) is 0 Å². The predicted molar refractivity (Wildman–Crippen MR) is 125 cm³/mol. The molecule has 5 rings (SSSR count). The first kappa shape index (κ1) is 20.7. The van der Waals surface area contributed by atoms with Crippen molar-refractivity contribution in [2.75, 3.05) is 13.1 Å². The highest BCUT2D eigenvalue weighted by Gasteiger charge is 2.21. The molecule has 1 saturated heterocycles. The summed E-state index contributed by atoms with van der Waals surface area (Å²) in [6, 6.07) is 13.8. The molecule has 0 amide bonds. The van der Waals surface area contributed by atoms with E-state index in [-0.39, 0.29) is 12.6 Å². The second-order valence-corrected chi connectivity index (χ2v) is 8.57. The van der Waals surface area contributed by atoms with Gasteiger partial charge in [-0.2, -0.15) is 0 Å². The fourth-order valence-electron chi connectivity index (χ4n) is 4.77. The Bertz CT molecular complexity index is 1300. The average Bonchev–Trinajstić information content (AvgIpc) is 3.30. The standard InChI is InChI=1S/C25H27F2N5/c1-16(30-10-5-7-20(28)14-30)18-9-11-31-17(2)25(29-24(31)13-18)22-12-19-6-3-4-8-21(19)32(22)15-23(26)27/h3-4,6,8-9,11-13,20,23H,1,5,7,10,14-15,28H2,2H3. The van der Waals surface area contributed by atoms with Gasteiger partial charge in [0.05, 0.1) is 12.2 Å². The minimum absolute atomic E-state index is 0.168. The molecule has 2 N–H and O–H groups in total. The number of pyridine rings is 1. The summed E-state index contributed by atoms with van der Waals surface area (Å²) in [7, 11) is 0. The highest BCUT2D eigenvalue weighted by atomic mass is 19.3. The zero-order chi connectivity index (χ0) is 22.4. The van der Waals surface area contributed by atoms with Gasteiger partial charge in [-0.3, -0.25) is 0 Å². The molecule has 1 unspecified atom stereocenters. The van der Waals surface area contributed by atoms with E-state index < -0.39 is 6.43 Å². The molecule has 5 nitrogen and oxygen atoms in total. The number of fused-ring (bicyclic) bond motifs is 2. The first-order valence-corrected chi connectivity index (χ1v) is 11.0. The van der Waals surface area contributed by atoms with Crippen LogP contribution in [-0.2, 0) is 6.54 Å². The van der Waals surface area contributed by atoms with E-state index in [1.54, 1.807) is 4.57 Å². The summed E-state index contributed by atoms with van der Waals surface area (Å²) in [5.74, 6) is 0. The lowest BCUT2D eigenvalue weighted by molar-refractivity contribution is 0.128. The molecular weight excluding hydrogens is 408 g/mol. The molecule has 4 heterocycles. The first-order chi connectivity index (χ1) is 15.4. The number of alkyl halides is 2. The number of likely N-dealkylation sites (tertiary alicyclic amines) is 1. The summed E-state index contributed by atoms with van der Waals surface area (Å²) in [5, 5.41) is 0.926. The number of aryl methyl sites for hydroxylation is 1. The normalized spacial score (nSPS) is 17.0. The smallest absolute Gasteiger partial charge is 0.256 e. The van der Waals surface area contributed by atoms with E-state index in [2.05, 4.69) is 11.5 Å². The van der Waals surface area contributed by atoms with Gasteiger partial charge in [-0.25, -0.2) is 13.8 Å². The minimum atomic E-state index is -2.45. The maximum atomic E-state index is 13.4. The van der Waals surface area contributed by atoms with Crippen LogP contribution < -0.4 is 5.73 Å². The van der Waals surface area contributed by atoms with Crippen molar-refractivity contribution in [3.63, 3.8) is 0 Å². The second kappa shape index (κ2) is 8.06. The van der Waals surface area contributed by atoms with Crippen molar-refractivity contribution < 1.29 is 8.78 Å². The van der Waals surface area contributed by atoms with Crippen molar-refractivity contribution in [3.05, 3.63) is 66.5 Å². The maximum Gasteiger partial charge on any atom is 0.256 e. The molecule has 1 aliphatic rings. The van der Waals surface area contributed by atoms with E-state index in [0.717, 1.165) is 59.4 Å². The summed E-state index contributed by atoms with van der Waals surface area (Å²) in [4.78, 5) is 7.10. The number of nitrogens with two attached hydrogens (primary N) is 1. The summed E-state index contributed by atoms with van der Waals surface area (Å²) >= 11 is 0. The number of hydrogen-bond donors (Lipinski definition) is 1. The van der Waals surface area contributed by atoms with Crippen LogP contribution in [0.2, 0.25) is 0 Å². The van der Waals surface area contributed by atoms with Gasteiger partial charge in [0.1, 0.15) is 11.3 Å². The van der Waals surface area contributed by atoms with Crippen LogP contribution in [0.25, 0.3) is 33.6 Å². The Hall–Kier alpha value is -3.19. The van der Waals surface area contributed by atoms with Crippen molar-refractivity contribution in [1.82, 2.24) is 18.9 Å². The Morgan fingerprint density at radius 2 is 2.06 bits per heavy atom. The van der Waals surface area contributed by atoms with E-state index in [9.17, 15) is 8.78 Å². The molecule has 1 aromatic carbocycles. The highest BCUT2D eigenvalue weighted by Crippen LogP contribution is 2.32. The number of imidazole rings is 1. The van der Waals surface area contributed by atoms with Gasteiger partial charge < -0.3 is 19.6 Å². The fourth-order valence-corrected chi connectivity index (χ4v) is 4.77. The van der Waals surface area contributed by atoms with Crippen LogP contribution in [0.15, 0.2) is 55.2 Å². The maximum absolute atomic E-state index is 13.4. The largest absolute Gasteiger partial charge is 0.370 e. The zero-order valence-corrected chi connectivity index (χ0v) is 18.1. The fraction of sp³-hybridized carbons (Fsp3) is 0.320. The molecule has 7 heteroatoms. The van der Waals surface area contributed by atoms with E-state index >= 15 is 0 Å². The van der Waals surface area contributed by atoms with E-state index in [4.69, 9.17) is 10.7 Å². The van der Waals surface area contributed by atoms with Gasteiger partial charge in [-0.1, -0.05) is 24.8 Å². The van der Waals surface area contributed by atoms with Crippen LogP contribution in [-0.4, -0.2) is 44.4 Å². The van der Waals surface area contributed by atoms with Gasteiger partial charge in [-0.05, 0) is 44.0 Å². The molecular formula is C25H27F2N5. The van der Waals surface area contributed by atoms with Crippen molar-refractivity contribution in [1.29, 1.82) is 0 Å². The Balaban J connectivity index is 1.58. The summed E-state index contributed by atoms with van der Waals surface area (Å²) in [5.41, 5.74) is 12.0. The van der Waals surface area contributed by atoms with Gasteiger partial charge in [0.25, 0.3) is 6.43 Å². The lowest BCUT2D eigenvalue weighted by Crippen LogP contribution is -2.41. The summed E-state index contributed by atoms with van der Waals surface area (Å²) in [6.07, 6.45) is 1.63. The molecule has 166 valence electrons. The topological polar surface area (TPSA) is 51.5 Å². The lowest BCUT2D eigenvalue weighted by Gasteiger charge is -2.34. The molecule has 1 fully saturated rings. The molecule has 4 aromatic rings. The molecule has 0 radical (unpaired) electrons. The Morgan fingerprint density at radius 3 is 2.84 bits per heavy atom. The van der Waals surface area contributed by atoms with Crippen molar-refractivity contribution in [2.45, 2.75) is 38.8 Å². The van der Waals surface area contributed by atoms with Crippen LogP contribution in [0.3, 0.4) is 0 Å². The number of hydrogen-bond acceptors (Lipinski definition) is 3. The van der Waals surface area contributed by atoms with Crippen LogP contribution in [0.5, 0.6) is 0 Å². The Morgan fingerprint density at radius 1 is 1.25 bits per heavy atom. The van der Waals surface area contributed by atoms with Crippen LogP contribution >= 0.6 is 0 Å². The quantitative estimate of drug-likeness (QED) is 0.484. The van der Waals surface area contributed by atoms with Gasteiger partial charge >= 0.3 is 0 Å². The van der Waals surface area contributed by atoms with Crippen LogP contribution in [0.4, 0.5) is 8.78 Å². The highest BCUT2D eigenvalue weighted by molar-refractivity contribution is 5.87. The summed E-state index contributed by atoms with van der Waals surface area (Å²) < 4.78 is 30.5. The molecule has 0 bridgehead atoms. The Labute approximate surface area is 185 Å². The van der Waals surface area contributed by atoms with Crippen LogP contribution in [0, 0.1) is 6.92 Å². The molecule has 32 heavy (non-hydrogen) atoms. The van der Waals surface area contributed by atoms with E-state index in [1.165, 1.54) is 0 Å². The lowest BCUT2D eigenvalue weighted by atomic mass is 10.0. The molecule has 3 aromatic heterocycles. The SMILES string of the molecule is C=C(c1ccn2c(C)c(-c3cc4ccccc4n3CC(F)F)nc2c1)N1CCCC(N)C1. The molecule has 0 saturated carbocycles. The Kier molecular flexibility index (Phi) is 5.21. The first-order valence-electron chi connectivity index (χ1n) is 11.0. The molecule has 1 atom stereocenters. The number of nitrogens with zero attached hydrogens (tertiary/aromatic N) is 4. The monoisotopic (exact) mass is 435 g/mol. The number of para-hydroxylation sites is 1. The predicted octanol–water partition coefficient (Wildman–Crippen LogP) is 4.92. The van der Waals surface area contributed by atoms with Crippen LogP contribution in [0.1, 0.15) is 24.1 Å². The third-order valence-electron chi connectivity index (χ3n) is 6.41. The number of aromatic nitrogens is 3. The second-order valence-electron chi connectivity index (χ2n) is 8.57. The number of halogens is 2. The molecule has 0 spiro atoms. The average molecular weight is 436 g/mol. The summed E-state index contributed by atoms with van der Waals surface area (Å²) in [6.45, 7) is 7.65. The molecule has 0 aliphatic carbocycles. The third-order valence-corrected chi connectivity index (χ3v) is 6.41. The van der Waals surface area contributed by atoms with Crippen molar-refractivity contribution in [3.8, 4) is 11.4 Å². The minimum Gasteiger partial charge on any atom is -0.370 e. The van der Waals surface area contributed by atoms with Crippen molar-refractivity contribution in [2.24, 2.45) is 5.73 Å². The van der Waals surface area contributed by atoms with Gasteiger partial charge in [-0.15, -0.1) is 0 Å². The zero-order valence-electron chi connectivity index (χ0n) is 18.1.